The van der Waals surface area contributed by atoms with Gasteiger partial charge in [-0.15, -0.1) is 0 Å². The number of anilines is 4. The summed E-state index contributed by atoms with van der Waals surface area (Å²) in [6.45, 7) is 1.33. The lowest BCUT2D eigenvalue weighted by atomic mass is 10.2. The quantitative estimate of drug-likeness (QED) is 0.224. The second kappa shape index (κ2) is 9.82. The molecular weight excluding hydrogens is 386 g/mol. The minimum Gasteiger partial charge on any atom is -0.493 e. The van der Waals surface area contributed by atoms with Crippen molar-refractivity contribution in [2.24, 2.45) is 5.10 Å². The number of nitrogens with one attached hydrogen (secondary N) is 3. The third-order valence-electron chi connectivity index (χ3n) is 3.71. The summed E-state index contributed by atoms with van der Waals surface area (Å²) in [4.78, 5) is 24.0. The molecule has 10 nitrogen and oxygen atoms in total. The van der Waals surface area contributed by atoms with E-state index in [0.29, 0.717) is 23.4 Å². The SMILES string of the molecule is CNc1nc(NN=Cc2ccc(OC(C)=O)c(OC)c2)nc(Nc2ccccc2)n1. The van der Waals surface area contributed by atoms with Crippen LogP contribution in [0.2, 0.25) is 0 Å². The molecule has 0 amide bonds. The summed E-state index contributed by atoms with van der Waals surface area (Å²) >= 11 is 0. The Balaban J connectivity index is 1.73. The Hall–Kier alpha value is -4.21. The standard InChI is InChI=1S/C20H21N7O3/c1-13(28)30-16-10-9-14(11-17(16)29-3)12-22-27-20-25-18(21-2)24-19(26-20)23-15-7-5-4-6-8-15/h4-12H,1-3H3,(H3,21,23,24,25,26,27). The number of carbonyl (C=O) groups excluding carboxylic acids is 1. The molecule has 1 aromatic heterocycles. The van der Waals surface area contributed by atoms with E-state index in [2.05, 4.69) is 36.1 Å². The number of para-hydroxylation sites is 1. The molecule has 30 heavy (non-hydrogen) atoms. The van der Waals surface area contributed by atoms with E-state index in [9.17, 15) is 4.79 Å². The first kappa shape index (κ1) is 20.5. The number of hydrogen-bond acceptors (Lipinski definition) is 10. The van der Waals surface area contributed by atoms with Gasteiger partial charge in [-0.3, -0.25) is 4.79 Å². The van der Waals surface area contributed by atoms with Crippen LogP contribution in [0.3, 0.4) is 0 Å². The first-order valence-electron chi connectivity index (χ1n) is 8.99. The van der Waals surface area contributed by atoms with Crippen molar-refractivity contribution in [3.05, 3.63) is 54.1 Å². The Labute approximate surface area is 173 Å². The van der Waals surface area contributed by atoms with E-state index < -0.39 is 5.97 Å². The summed E-state index contributed by atoms with van der Waals surface area (Å²) < 4.78 is 10.3. The Morgan fingerprint density at radius 3 is 2.43 bits per heavy atom. The highest BCUT2D eigenvalue weighted by molar-refractivity contribution is 5.82. The first-order chi connectivity index (χ1) is 14.6. The van der Waals surface area contributed by atoms with Gasteiger partial charge in [0.1, 0.15) is 0 Å². The second-order valence-electron chi connectivity index (χ2n) is 5.92. The summed E-state index contributed by atoms with van der Waals surface area (Å²) in [6, 6.07) is 14.6. The van der Waals surface area contributed by atoms with Crippen LogP contribution in [-0.2, 0) is 4.79 Å². The zero-order chi connectivity index (χ0) is 21.3. The maximum atomic E-state index is 11.1. The lowest BCUT2D eigenvalue weighted by molar-refractivity contribution is -0.132. The van der Waals surface area contributed by atoms with Gasteiger partial charge >= 0.3 is 5.97 Å². The molecule has 3 N–H and O–H groups in total. The van der Waals surface area contributed by atoms with Crippen molar-refractivity contribution >= 4 is 35.7 Å². The maximum absolute atomic E-state index is 11.1. The highest BCUT2D eigenvalue weighted by atomic mass is 16.6. The summed E-state index contributed by atoms with van der Waals surface area (Å²) in [5.74, 6) is 1.34. The summed E-state index contributed by atoms with van der Waals surface area (Å²) in [6.07, 6.45) is 1.56. The molecule has 10 heteroatoms. The van der Waals surface area contributed by atoms with Crippen LogP contribution < -0.4 is 25.5 Å². The van der Waals surface area contributed by atoms with Crippen molar-refractivity contribution in [2.75, 3.05) is 30.2 Å². The van der Waals surface area contributed by atoms with Gasteiger partial charge in [-0.25, -0.2) is 5.43 Å². The van der Waals surface area contributed by atoms with Gasteiger partial charge in [0.2, 0.25) is 17.8 Å². The lowest BCUT2D eigenvalue weighted by Gasteiger charge is -2.09. The topological polar surface area (TPSA) is 123 Å². The fraction of sp³-hybridized carbons (Fsp3) is 0.150. The summed E-state index contributed by atoms with van der Waals surface area (Å²) in [7, 11) is 3.21. The number of methoxy groups -OCH3 is 1. The van der Waals surface area contributed by atoms with Gasteiger partial charge in [-0.05, 0) is 35.9 Å². The van der Waals surface area contributed by atoms with E-state index in [1.165, 1.54) is 14.0 Å². The minimum atomic E-state index is -0.425. The van der Waals surface area contributed by atoms with E-state index in [-0.39, 0.29) is 5.95 Å². The number of aromatic nitrogens is 3. The monoisotopic (exact) mass is 407 g/mol. The third-order valence-corrected chi connectivity index (χ3v) is 3.71. The van der Waals surface area contributed by atoms with Gasteiger partial charge in [0.15, 0.2) is 11.5 Å². The average molecular weight is 407 g/mol. The maximum Gasteiger partial charge on any atom is 0.308 e. The molecule has 3 aromatic rings. The fourth-order valence-electron chi connectivity index (χ4n) is 2.41. The van der Waals surface area contributed by atoms with Gasteiger partial charge < -0.3 is 20.1 Å². The minimum absolute atomic E-state index is 0.257. The van der Waals surface area contributed by atoms with Crippen molar-refractivity contribution in [3.63, 3.8) is 0 Å². The number of carbonyl (C=O) groups is 1. The zero-order valence-electron chi connectivity index (χ0n) is 16.7. The van der Waals surface area contributed by atoms with Crippen LogP contribution in [0.25, 0.3) is 0 Å². The molecule has 2 aromatic carbocycles. The molecule has 0 aliphatic rings. The van der Waals surface area contributed by atoms with Crippen molar-refractivity contribution in [1.82, 2.24) is 15.0 Å². The number of rotatable bonds is 8. The summed E-state index contributed by atoms with van der Waals surface area (Å²) in [5, 5.41) is 10.2. The molecule has 3 rings (SSSR count). The molecule has 0 saturated heterocycles. The average Bonchev–Trinajstić information content (AvgIpc) is 2.75. The van der Waals surface area contributed by atoms with E-state index >= 15 is 0 Å². The van der Waals surface area contributed by atoms with E-state index in [1.54, 1.807) is 31.5 Å². The second-order valence-corrected chi connectivity index (χ2v) is 5.92. The Morgan fingerprint density at radius 2 is 1.73 bits per heavy atom. The number of nitrogens with zero attached hydrogens (tertiary/aromatic N) is 4. The molecule has 0 saturated carbocycles. The third kappa shape index (κ3) is 5.64. The van der Waals surface area contributed by atoms with E-state index in [1.807, 2.05) is 30.3 Å². The van der Waals surface area contributed by atoms with E-state index in [4.69, 9.17) is 9.47 Å². The molecule has 154 valence electrons. The van der Waals surface area contributed by atoms with Crippen molar-refractivity contribution in [3.8, 4) is 11.5 Å². The van der Waals surface area contributed by atoms with Crippen LogP contribution >= 0.6 is 0 Å². The van der Waals surface area contributed by atoms with Crippen LogP contribution in [0.15, 0.2) is 53.6 Å². The van der Waals surface area contributed by atoms with Crippen molar-refractivity contribution in [1.29, 1.82) is 0 Å². The van der Waals surface area contributed by atoms with Gasteiger partial charge in [0.05, 0.1) is 13.3 Å². The zero-order valence-corrected chi connectivity index (χ0v) is 16.7. The van der Waals surface area contributed by atoms with Gasteiger partial charge in [0, 0.05) is 19.7 Å². The highest BCUT2D eigenvalue weighted by Crippen LogP contribution is 2.27. The number of hydrogen-bond donors (Lipinski definition) is 3. The summed E-state index contributed by atoms with van der Waals surface area (Å²) in [5.41, 5.74) is 4.35. The van der Waals surface area contributed by atoms with Crippen LogP contribution in [0, 0.1) is 0 Å². The molecule has 0 atom stereocenters. The lowest BCUT2D eigenvalue weighted by Crippen LogP contribution is -2.07. The smallest absolute Gasteiger partial charge is 0.308 e. The van der Waals surface area contributed by atoms with Gasteiger partial charge in [0.25, 0.3) is 0 Å². The predicted octanol–water partition coefficient (Wildman–Crippen LogP) is 3.04. The molecule has 0 unspecified atom stereocenters. The van der Waals surface area contributed by atoms with Crippen LogP contribution in [0.5, 0.6) is 11.5 Å². The normalized spacial score (nSPS) is 10.5. The molecule has 0 bridgehead atoms. The molecule has 1 heterocycles. The van der Waals surface area contributed by atoms with Gasteiger partial charge in [-0.1, -0.05) is 18.2 Å². The number of esters is 1. The molecular formula is C20H21N7O3. The van der Waals surface area contributed by atoms with Gasteiger partial charge in [-0.2, -0.15) is 20.1 Å². The molecule has 0 fully saturated rings. The first-order valence-corrected chi connectivity index (χ1v) is 8.99. The highest BCUT2D eigenvalue weighted by Gasteiger charge is 2.08. The van der Waals surface area contributed by atoms with E-state index in [0.717, 1.165) is 11.3 Å². The fourth-order valence-corrected chi connectivity index (χ4v) is 2.41. The number of ether oxygens (including phenoxy) is 2. The molecule has 0 aliphatic heterocycles. The molecule has 0 spiro atoms. The number of benzene rings is 2. The van der Waals surface area contributed by atoms with Crippen molar-refractivity contribution < 1.29 is 14.3 Å². The number of hydrazone groups is 1. The van der Waals surface area contributed by atoms with Crippen molar-refractivity contribution in [2.45, 2.75) is 6.92 Å². The van der Waals surface area contributed by atoms with Crippen LogP contribution in [0.1, 0.15) is 12.5 Å². The predicted molar refractivity (Wildman–Crippen MR) is 115 cm³/mol. The molecule has 0 radical (unpaired) electrons. The Bertz CT molecular complexity index is 1040. The molecule has 0 aliphatic carbocycles. The Morgan fingerprint density at radius 1 is 1.00 bits per heavy atom. The van der Waals surface area contributed by atoms with Crippen LogP contribution in [-0.4, -0.2) is 41.3 Å². The largest absolute Gasteiger partial charge is 0.493 e. The Kier molecular flexibility index (Phi) is 6.72. The van der Waals surface area contributed by atoms with Crippen LogP contribution in [0.4, 0.5) is 23.5 Å².